The van der Waals surface area contributed by atoms with Gasteiger partial charge in [-0.1, -0.05) is 18.2 Å². The Morgan fingerprint density at radius 1 is 1.46 bits per heavy atom. The molecule has 1 N–H and O–H groups in total. The van der Waals surface area contributed by atoms with Gasteiger partial charge in [0, 0.05) is 0 Å². The van der Waals surface area contributed by atoms with Crippen molar-refractivity contribution in [2.75, 3.05) is 0 Å². The fourth-order valence-electron chi connectivity index (χ4n) is 1.07. The molecule has 0 spiro atoms. The number of allylic oxidation sites excluding steroid dienone is 1. The third-order valence-electron chi connectivity index (χ3n) is 1.61. The Morgan fingerprint density at radius 2 is 2.08 bits per heavy atom. The highest BCUT2D eigenvalue weighted by Crippen LogP contribution is 2.13. The number of ether oxygens (including phenoxy) is 1. The minimum Gasteiger partial charge on any atom is -0.465 e. The third kappa shape index (κ3) is 3.30. The van der Waals surface area contributed by atoms with Gasteiger partial charge in [-0.15, -0.1) is 6.58 Å². The fourth-order valence-corrected chi connectivity index (χ4v) is 1.07. The molecular weight excluding hydrogens is 164 g/mol. The summed E-state index contributed by atoms with van der Waals surface area (Å²) < 4.78 is 5.08. The molecule has 1 aromatic carbocycles. The average Bonchev–Trinajstić information content (AvgIpc) is 2.08. The first-order valence-electron chi connectivity index (χ1n) is 4.27. The number of hydrogen-bond acceptors (Lipinski definition) is 2. The summed E-state index contributed by atoms with van der Waals surface area (Å²) in [6, 6.07) is 7.59. The summed E-state index contributed by atoms with van der Waals surface area (Å²) in [5, 5.41) is 8.94. The normalized spacial score (nSPS) is 12.2. The predicted molar refractivity (Wildman–Crippen MR) is 52.7 cm³/mol. The maximum Gasteiger partial charge on any atom is 0.194 e. The van der Waals surface area contributed by atoms with Crippen LogP contribution in [0.15, 0.2) is 36.9 Å². The molecule has 2 nitrogen and oxygen atoms in total. The number of hydrogen-bond donors (Lipinski definition) is 1. The molecule has 0 heterocycles. The van der Waals surface area contributed by atoms with Gasteiger partial charge in [0.05, 0.1) is 0 Å². The van der Waals surface area contributed by atoms with Crippen LogP contribution in [0.1, 0.15) is 12.5 Å². The van der Waals surface area contributed by atoms with E-state index in [1.165, 1.54) is 5.56 Å². The molecule has 13 heavy (non-hydrogen) atoms. The van der Waals surface area contributed by atoms with Crippen LogP contribution in [0.4, 0.5) is 0 Å². The number of aliphatic hydroxyl groups excluding tert-OH is 1. The standard InChI is InChI=1S/C11H14O2/c1-3-4-10-5-7-11(8-6-10)13-9(2)12/h3,5-9,12H,1,4H2,2H3. The second-order valence-electron chi connectivity index (χ2n) is 2.85. The molecule has 1 rings (SSSR count). The summed E-state index contributed by atoms with van der Waals surface area (Å²) in [4.78, 5) is 0. The van der Waals surface area contributed by atoms with Gasteiger partial charge in [-0.2, -0.15) is 0 Å². The van der Waals surface area contributed by atoms with Gasteiger partial charge in [-0.3, -0.25) is 0 Å². The Morgan fingerprint density at radius 3 is 2.54 bits per heavy atom. The van der Waals surface area contributed by atoms with Crippen molar-refractivity contribution in [2.45, 2.75) is 19.6 Å². The second-order valence-corrected chi connectivity index (χ2v) is 2.85. The van der Waals surface area contributed by atoms with Crippen LogP contribution >= 0.6 is 0 Å². The topological polar surface area (TPSA) is 29.5 Å². The highest BCUT2D eigenvalue weighted by molar-refractivity contribution is 5.28. The molecule has 0 aliphatic carbocycles. The molecule has 0 aliphatic heterocycles. The van der Waals surface area contributed by atoms with Crippen LogP contribution in [-0.2, 0) is 6.42 Å². The lowest BCUT2D eigenvalue weighted by molar-refractivity contribution is -0.000300. The van der Waals surface area contributed by atoms with Crippen molar-refractivity contribution in [3.8, 4) is 5.75 Å². The van der Waals surface area contributed by atoms with E-state index in [0.717, 1.165) is 6.42 Å². The van der Waals surface area contributed by atoms with Crippen molar-refractivity contribution in [1.82, 2.24) is 0 Å². The van der Waals surface area contributed by atoms with Gasteiger partial charge in [0.25, 0.3) is 0 Å². The van der Waals surface area contributed by atoms with Gasteiger partial charge in [0.2, 0.25) is 0 Å². The van der Waals surface area contributed by atoms with Crippen LogP contribution in [0.2, 0.25) is 0 Å². The summed E-state index contributed by atoms with van der Waals surface area (Å²) in [6.45, 7) is 5.24. The average molecular weight is 178 g/mol. The highest BCUT2D eigenvalue weighted by Gasteiger charge is 1.97. The largest absolute Gasteiger partial charge is 0.465 e. The first-order valence-corrected chi connectivity index (χ1v) is 4.27. The van der Waals surface area contributed by atoms with Crippen molar-refractivity contribution < 1.29 is 9.84 Å². The summed E-state index contributed by atoms with van der Waals surface area (Å²) in [5.74, 6) is 0.683. The molecule has 0 saturated carbocycles. The molecule has 1 atom stereocenters. The quantitative estimate of drug-likeness (QED) is 0.565. The molecule has 2 heteroatoms. The number of benzene rings is 1. The van der Waals surface area contributed by atoms with Crippen LogP contribution in [0, 0.1) is 0 Å². The molecule has 0 aromatic heterocycles. The smallest absolute Gasteiger partial charge is 0.194 e. The molecular formula is C11H14O2. The van der Waals surface area contributed by atoms with Crippen LogP contribution < -0.4 is 4.74 Å². The van der Waals surface area contributed by atoms with E-state index in [9.17, 15) is 0 Å². The molecule has 0 amide bonds. The van der Waals surface area contributed by atoms with E-state index < -0.39 is 6.29 Å². The third-order valence-corrected chi connectivity index (χ3v) is 1.61. The zero-order valence-corrected chi connectivity index (χ0v) is 7.73. The van der Waals surface area contributed by atoms with E-state index in [2.05, 4.69) is 6.58 Å². The van der Waals surface area contributed by atoms with Gasteiger partial charge >= 0.3 is 0 Å². The van der Waals surface area contributed by atoms with Crippen molar-refractivity contribution in [2.24, 2.45) is 0 Å². The summed E-state index contributed by atoms with van der Waals surface area (Å²) >= 11 is 0. The first kappa shape index (κ1) is 9.81. The molecule has 70 valence electrons. The van der Waals surface area contributed by atoms with E-state index in [-0.39, 0.29) is 0 Å². The number of rotatable bonds is 4. The van der Waals surface area contributed by atoms with Crippen LogP contribution in [0.25, 0.3) is 0 Å². The van der Waals surface area contributed by atoms with Crippen molar-refractivity contribution >= 4 is 0 Å². The van der Waals surface area contributed by atoms with Gasteiger partial charge in [-0.05, 0) is 31.0 Å². The molecule has 0 radical (unpaired) electrons. The van der Waals surface area contributed by atoms with E-state index in [1.807, 2.05) is 30.3 Å². The molecule has 0 aliphatic rings. The minimum atomic E-state index is -0.759. The minimum absolute atomic E-state index is 0.683. The molecule has 1 aromatic rings. The molecule has 0 fully saturated rings. The van der Waals surface area contributed by atoms with Gasteiger partial charge in [0.1, 0.15) is 5.75 Å². The van der Waals surface area contributed by atoms with Gasteiger partial charge < -0.3 is 9.84 Å². The van der Waals surface area contributed by atoms with Crippen molar-refractivity contribution in [3.63, 3.8) is 0 Å². The lowest BCUT2D eigenvalue weighted by Gasteiger charge is -2.08. The Balaban J connectivity index is 2.63. The maximum atomic E-state index is 8.94. The molecule has 1 unspecified atom stereocenters. The summed E-state index contributed by atoms with van der Waals surface area (Å²) in [7, 11) is 0. The van der Waals surface area contributed by atoms with Crippen molar-refractivity contribution in [3.05, 3.63) is 42.5 Å². The van der Waals surface area contributed by atoms with Crippen LogP contribution in [-0.4, -0.2) is 11.4 Å². The monoisotopic (exact) mass is 178 g/mol. The second kappa shape index (κ2) is 4.67. The Bertz CT molecular complexity index is 262. The molecule has 0 saturated heterocycles. The zero-order valence-electron chi connectivity index (χ0n) is 7.73. The lowest BCUT2D eigenvalue weighted by atomic mass is 10.1. The summed E-state index contributed by atoms with van der Waals surface area (Å²) in [5.41, 5.74) is 1.19. The van der Waals surface area contributed by atoms with E-state index in [1.54, 1.807) is 6.92 Å². The van der Waals surface area contributed by atoms with Gasteiger partial charge in [0.15, 0.2) is 6.29 Å². The van der Waals surface area contributed by atoms with E-state index >= 15 is 0 Å². The molecule has 0 bridgehead atoms. The van der Waals surface area contributed by atoms with Gasteiger partial charge in [-0.25, -0.2) is 0 Å². The highest BCUT2D eigenvalue weighted by atomic mass is 16.6. The summed E-state index contributed by atoms with van der Waals surface area (Å²) in [6.07, 6.45) is 1.95. The Hall–Kier alpha value is -1.28. The maximum absolute atomic E-state index is 8.94. The van der Waals surface area contributed by atoms with E-state index in [0.29, 0.717) is 5.75 Å². The number of aliphatic hydroxyl groups is 1. The van der Waals surface area contributed by atoms with Crippen LogP contribution in [0.5, 0.6) is 5.75 Å². The Labute approximate surface area is 78.5 Å². The predicted octanol–water partition coefficient (Wildman–Crippen LogP) is 2.13. The zero-order chi connectivity index (χ0) is 9.68. The lowest BCUT2D eigenvalue weighted by Crippen LogP contribution is -2.09. The van der Waals surface area contributed by atoms with E-state index in [4.69, 9.17) is 9.84 Å². The van der Waals surface area contributed by atoms with Crippen molar-refractivity contribution in [1.29, 1.82) is 0 Å². The first-order chi connectivity index (χ1) is 6.22. The van der Waals surface area contributed by atoms with Crippen LogP contribution in [0.3, 0.4) is 0 Å². The SMILES string of the molecule is C=CCc1ccc(OC(C)O)cc1. The fraction of sp³-hybridized carbons (Fsp3) is 0.273. The Kier molecular flexibility index (Phi) is 3.53.